The second-order valence-electron chi connectivity index (χ2n) is 8.98. The Bertz CT molecular complexity index is 1060. The monoisotopic (exact) mass is 504 g/mol. The van der Waals surface area contributed by atoms with Gasteiger partial charge in [0.25, 0.3) is 0 Å². The fourth-order valence-corrected chi connectivity index (χ4v) is 4.31. The summed E-state index contributed by atoms with van der Waals surface area (Å²) in [6.07, 6.45) is -0.533. The molecule has 5 atom stereocenters. The highest BCUT2D eigenvalue weighted by Gasteiger charge is 2.47. The van der Waals surface area contributed by atoms with E-state index in [1.54, 1.807) is 13.2 Å². The van der Waals surface area contributed by atoms with E-state index in [0.29, 0.717) is 26.4 Å². The van der Waals surface area contributed by atoms with E-state index in [1.807, 2.05) is 91.9 Å². The van der Waals surface area contributed by atoms with Gasteiger partial charge in [0, 0.05) is 0 Å². The van der Waals surface area contributed by atoms with Crippen LogP contribution in [0.4, 0.5) is 0 Å². The van der Waals surface area contributed by atoms with Crippen molar-refractivity contribution in [1.29, 1.82) is 0 Å². The topological polar surface area (TPSA) is 55.4 Å². The van der Waals surface area contributed by atoms with Crippen LogP contribution in [0.2, 0.25) is 0 Å². The lowest BCUT2D eigenvalue weighted by atomic mass is 9.98. The predicted octanol–water partition coefficient (Wildman–Crippen LogP) is 5.70. The highest BCUT2D eigenvalue weighted by Crippen LogP contribution is 2.31. The third-order valence-electron chi connectivity index (χ3n) is 6.28. The molecular weight excluding hydrogens is 468 g/mol. The van der Waals surface area contributed by atoms with Gasteiger partial charge in [0.2, 0.25) is 0 Å². The van der Waals surface area contributed by atoms with Crippen molar-refractivity contribution < 1.29 is 28.4 Å². The molecule has 196 valence electrons. The highest BCUT2D eigenvalue weighted by atomic mass is 16.7. The van der Waals surface area contributed by atoms with E-state index in [0.717, 1.165) is 22.4 Å². The van der Waals surface area contributed by atoms with Gasteiger partial charge < -0.3 is 28.4 Å². The lowest BCUT2D eigenvalue weighted by molar-refractivity contribution is -0.318. The minimum Gasteiger partial charge on any atom is -0.497 e. The first-order chi connectivity index (χ1) is 18.2. The maximum atomic E-state index is 6.53. The Balaban J connectivity index is 1.55. The normalized spacial score (nSPS) is 23.5. The van der Waals surface area contributed by atoms with E-state index in [-0.39, 0.29) is 12.2 Å². The van der Waals surface area contributed by atoms with E-state index < -0.39 is 18.5 Å². The molecule has 4 rings (SSSR count). The van der Waals surface area contributed by atoms with E-state index in [4.69, 9.17) is 28.4 Å². The Morgan fingerprint density at radius 3 is 1.73 bits per heavy atom. The van der Waals surface area contributed by atoms with Crippen LogP contribution in [0.25, 0.3) is 0 Å². The van der Waals surface area contributed by atoms with E-state index >= 15 is 0 Å². The SMILES string of the molecule is C=CCO[C@@H]1O[C@@H](C)[C@H](OCc2ccc(OC)cc2)[C@@H](OCc2ccccc2)[C@H]1OCc1ccccc1. The Kier molecular flexibility index (Phi) is 10.3. The van der Waals surface area contributed by atoms with Crippen LogP contribution < -0.4 is 4.74 Å². The summed E-state index contributed by atoms with van der Waals surface area (Å²) in [7, 11) is 1.65. The number of rotatable bonds is 13. The summed E-state index contributed by atoms with van der Waals surface area (Å²) in [5, 5.41) is 0. The van der Waals surface area contributed by atoms with Crippen LogP contribution in [0.3, 0.4) is 0 Å². The smallest absolute Gasteiger partial charge is 0.187 e. The predicted molar refractivity (Wildman–Crippen MR) is 142 cm³/mol. The first-order valence-corrected chi connectivity index (χ1v) is 12.6. The maximum absolute atomic E-state index is 6.53. The van der Waals surface area contributed by atoms with Gasteiger partial charge in [-0.25, -0.2) is 0 Å². The van der Waals surface area contributed by atoms with Crippen LogP contribution in [0.5, 0.6) is 5.75 Å². The van der Waals surface area contributed by atoms with Gasteiger partial charge in [-0.2, -0.15) is 0 Å². The summed E-state index contributed by atoms with van der Waals surface area (Å²) in [6.45, 7) is 7.31. The second kappa shape index (κ2) is 14.1. The van der Waals surface area contributed by atoms with Crippen molar-refractivity contribution in [3.05, 3.63) is 114 Å². The van der Waals surface area contributed by atoms with Crippen LogP contribution >= 0.6 is 0 Å². The van der Waals surface area contributed by atoms with Crippen molar-refractivity contribution in [2.45, 2.75) is 57.5 Å². The number of methoxy groups -OCH3 is 1. The van der Waals surface area contributed by atoms with Gasteiger partial charge in [0.05, 0.1) is 39.6 Å². The standard InChI is InChI=1S/C31H36O6/c1-4-19-33-31-30(36-21-25-13-9-6-10-14-25)29(35-20-24-11-7-5-8-12-24)28(23(2)37-31)34-22-26-15-17-27(32-3)18-16-26/h4-18,23,28-31H,1,19-22H2,2-3H3/t23-,28-,29+,30+,31+/m0/s1. The average molecular weight is 505 g/mol. The van der Waals surface area contributed by atoms with Crippen molar-refractivity contribution in [2.75, 3.05) is 13.7 Å². The van der Waals surface area contributed by atoms with Gasteiger partial charge in [0.15, 0.2) is 6.29 Å². The molecule has 0 aromatic heterocycles. The van der Waals surface area contributed by atoms with Crippen LogP contribution in [-0.2, 0) is 43.5 Å². The third kappa shape index (κ3) is 7.74. The van der Waals surface area contributed by atoms with Gasteiger partial charge in [-0.3, -0.25) is 0 Å². The van der Waals surface area contributed by atoms with E-state index in [2.05, 4.69) is 6.58 Å². The lowest BCUT2D eigenvalue weighted by Gasteiger charge is -2.45. The van der Waals surface area contributed by atoms with Gasteiger partial charge in [-0.15, -0.1) is 6.58 Å². The first kappa shape index (κ1) is 27.0. The lowest BCUT2D eigenvalue weighted by Crippen LogP contribution is -2.60. The maximum Gasteiger partial charge on any atom is 0.187 e. The van der Waals surface area contributed by atoms with Gasteiger partial charge in [0.1, 0.15) is 24.1 Å². The molecule has 0 saturated carbocycles. The summed E-state index contributed by atoms with van der Waals surface area (Å²) in [5.74, 6) is 0.804. The zero-order chi connectivity index (χ0) is 25.9. The van der Waals surface area contributed by atoms with Crippen molar-refractivity contribution in [3.63, 3.8) is 0 Å². The molecule has 0 spiro atoms. The first-order valence-electron chi connectivity index (χ1n) is 12.6. The molecule has 1 heterocycles. The Morgan fingerprint density at radius 2 is 1.19 bits per heavy atom. The summed E-state index contributed by atoms with van der Waals surface area (Å²) in [5.41, 5.74) is 3.16. The van der Waals surface area contributed by atoms with Crippen molar-refractivity contribution in [3.8, 4) is 5.75 Å². The zero-order valence-electron chi connectivity index (χ0n) is 21.5. The van der Waals surface area contributed by atoms with Crippen molar-refractivity contribution >= 4 is 0 Å². The Labute approximate surface area is 219 Å². The molecule has 0 radical (unpaired) electrons. The Hall–Kier alpha value is -3.00. The van der Waals surface area contributed by atoms with E-state index in [9.17, 15) is 0 Å². The van der Waals surface area contributed by atoms with Crippen molar-refractivity contribution in [2.24, 2.45) is 0 Å². The highest BCUT2D eigenvalue weighted by molar-refractivity contribution is 5.26. The largest absolute Gasteiger partial charge is 0.497 e. The average Bonchev–Trinajstić information content (AvgIpc) is 2.95. The number of hydrogen-bond acceptors (Lipinski definition) is 6. The molecular formula is C31H36O6. The molecule has 0 unspecified atom stereocenters. The number of ether oxygens (including phenoxy) is 6. The second-order valence-corrected chi connectivity index (χ2v) is 8.98. The van der Waals surface area contributed by atoms with Gasteiger partial charge in [-0.1, -0.05) is 78.9 Å². The molecule has 3 aromatic carbocycles. The molecule has 1 saturated heterocycles. The summed E-state index contributed by atoms with van der Waals surface area (Å²) >= 11 is 0. The summed E-state index contributed by atoms with van der Waals surface area (Å²) in [6, 6.07) is 28.0. The molecule has 6 nitrogen and oxygen atoms in total. The van der Waals surface area contributed by atoms with Crippen LogP contribution in [-0.4, -0.2) is 44.4 Å². The minimum absolute atomic E-state index is 0.287. The molecule has 1 fully saturated rings. The molecule has 0 N–H and O–H groups in total. The quantitative estimate of drug-likeness (QED) is 0.279. The summed E-state index contributed by atoms with van der Waals surface area (Å²) in [4.78, 5) is 0. The molecule has 1 aliphatic rings. The fourth-order valence-electron chi connectivity index (χ4n) is 4.31. The van der Waals surface area contributed by atoms with E-state index in [1.165, 1.54) is 0 Å². The minimum atomic E-state index is -0.627. The molecule has 37 heavy (non-hydrogen) atoms. The van der Waals surface area contributed by atoms with Crippen molar-refractivity contribution in [1.82, 2.24) is 0 Å². The molecule has 1 aliphatic heterocycles. The fraction of sp³-hybridized carbons (Fsp3) is 0.355. The molecule has 0 bridgehead atoms. The summed E-state index contributed by atoms with van der Waals surface area (Å²) < 4.78 is 37.0. The number of benzene rings is 3. The Morgan fingerprint density at radius 1 is 0.676 bits per heavy atom. The van der Waals surface area contributed by atoms with Crippen LogP contribution in [0, 0.1) is 0 Å². The molecule has 0 aliphatic carbocycles. The van der Waals surface area contributed by atoms with Gasteiger partial charge >= 0.3 is 0 Å². The van der Waals surface area contributed by atoms with Crippen LogP contribution in [0.1, 0.15) is 23.6 Å². The van der Waals surface area contributed by atoms with Gasteiger partial charge in [-0.05, 0) is 35.7 Å². The van der Waals surface area contributed by atoms with Crippen LogP contribution in [0.15, 0.2) is 97.6 Å². The molecule has 6 heteroatoms. The zero-order valence-corrected chi connectivity index (χ0v) is 21.5. The molecule has 3 aromatic rings. The molecule has 0 amide bonds. The number of hydrogen-bond donors (Lipinski definition) is 0. The third-order valence-corrected chi connectivity index (χ3v) is 6.28.